The first-order valence-corrected chi connectivity index (χ1v) is 4.57. The maximum absolute atomic E-state index is 9.57. The van der Waals surface area contributed by atoms with Crippen molar-refractivity contribution in [2.45, 2.75) is 37.6 Å². The number of hydrogen-bond donors (Lipinski definition) is 1. The number of ether oxygens (including phenoxy) is 4. The zero-order valence-corrected chi connectivity index (χ0v) is 8.97. The van der Waals surface area contributed by atoms with E-state index in [2.05, 4.69) is 0 Å². The fraction of sp³-hybridized carbons (Fsp3) is 1.00. The lowest BCUT2D eigenvalue weighted by molar-refractivity contribution is -0.291. The fourth-order valence-electron chi connectivity index (χ4n) is 1.84. The molecule has 0 saturated carbocycles. The second kappa shape index (κ2) is 5.04. The normalized spacial score (nSPS) is 43.9. The van der Waals surface area contributed by atoms with E-state index in [0.717, 1.165) is 0 Å². The molecule has 5 heteroatoms. The molecule has 0 aromatic carbocycles. The van der Waals surface area contributed by atoms with Crippen LogP contribution in [0.1, 0.15) is 6.92 Å². The largest absolute Gasteiger partial charge is 0.376 e. The maximum atomic E-state index is 9.57. The molecule has 0 aliphatic carbocycles. The summed E-state index contributed by atoms with van der Waals surface area (Å²) in [4.78, 5) is 0. The molecule has 1 aliphatic rings. The molecule has 1 saturated heterocycles. The van der Waals surface area contributed by atoms with Gasteiger partial charge in [-0.15, -0.1) is 0 Å². The van der Waals surface area contributed by atoms with Crippen LogP contribution in [0.25, 0.3) is 0 Å². The zero-order chi connectivity index (χ0) is 10.7. The standard InChI is InChI=1S/C9H18O5/c1-5-6(11-2)7(12-3)8(13-4)9(10)14-5/h5-10H,1-4H3/t5-,6+,7+,8-,9-/m0/s1. The lowest BCUT2D eigenvalue weighted by Gasteiger charge is -2.41. The molecule has 0 amide bonds. The summed E-state index contributed by atoms with van der Waals surface area (Å²) in [5, 5.41) is 9.57. The molecule has 0 unspecified atom stereocenters. The van der Waals surface area contributed by atoms with Crippen LogP contribution < -0.4 is 0 Å². The van der Waals surface area contributed by atoms with E-state index in [0.29, 0.717) is 0 Å². The number of rotatable bonds is 3. The lowest BCUT2D eigenvalue weighted by Crippen LogP contribution is -2.58. The van der Waals surface area contributed by atoms with E-state index in [1.807, 2.05) is 6.92 Å². The smallest absolute Gasteiger partial charge is 0.184 e. The molecule has 0 radical (unpaired) electrons. The van der Waals surface area contributed by atoms with Crippen LogP contribution in [-0.4, -0.2) is 57.1 Å². The Bertz CT molecular complexity index is 159. The van der Waals surface area contributed by atoms with Crippen molar-refractivity contribution in [2.24, 2.45) is 0 Å². The summed E-state index contributed by atoms with van der Waals surface area (Å²) < 4.78 is 20.9. The summed E-state index contributed by atoms with van der Waals surface area (Å²) in [7, 11) is 4.65. The van der Waals surface area contributed by atoms with Crippen molar-refractivity contribution < 1.29 is 24.1 Å². The van der Waals surface area contributed by atoms with Gasteiger partial charge in [0.1, 0.15) is 18.3 Å². The molecule has 1 aliphatic heterocycles. The summed E-state index contributed by atoms with van der Waals surface area (Å²) >= 11 is 0. The molecule has 0 aromatic heterocycles. The SMILES string of the molecule is CO[C@@H]1[C@H](OC)[C@H](C)O[C@H](O)[C@H]1OC. The van der Waals surface area contributed by atoms with Crippen molar-refractivity contribution >= 4 is 0 Å². The Morgan fingerprint density at radius 2 is 1.43 bits per heavy atom. The summed E-state index contributed by atoms with van der Waals surface area (Å²) in [6.45, 7) is 1.83. The van der Waals surface area contributed by atoms with E-state index >= 15 is 0 Å². The second-order valence-electron chi connectivity index (χ2n) is 3.33. The number of methoxy groups -OCH3 is 3. The Hall–Kier alpha value is -0.200. The Balaban J connectivity index is 2.76. The van der Waals surface area contributed by atoms with Gasteiger partial charge in [-0.05, 0) is 6.92 Å². The highest BCUT2D eigenvalue weighted by atomic mass is 16.7. The molecule has 5 nitrogen and oxygen atoms in total. The lowest BCUT2D eigenvalue weighted by atomic mass is 9.99. The summed E-state index contributed by atoms with van der Waals surface area (Å²) in [5.74, 6) is 0. The highest BCUT2D eigenvalue weighted by Crippen LogP contribution is 2.25. The first-order valence-electron chi connectivity index (χ1n) is 4.57. The molecule has 0 bridgehead atoms. The van der Waals surface area contributed by atoms with Gasteiger partial charge in [-0.25, -0.2) is 0 Å². The van der Waals surface area contributed by atoms with Crippen molar-refractivity contribution in [3.8, 4) is 0 Å². The topological polar surface area (TPSA) is 57.2 Å². The van der Waals surface area contributed by atoms with E-state index in [-0.39, 0.29) is 18.3 Å². The minimum absolute atomic E-state index is 0.216. The maximum Gasteiger partial charge on any atom is 0.184 e. The van der Waals surface area contributed by atoms with Gasteiger partial charge in [0, 0.05) is 21.3 Å². The van der Waals surface area contributed by atoms with Crippen LogP contribution in [0.3, 0.4) is 0 Å². The van der Waals surface area contributed by atoms with Gasteiger partial charge >= 0.3 is 0 Å². The van der Waals surface area contributed by atoms with E-state index in [1.54, 1.807) is 14.2 Å². The summed E-state index contributed by atoms with van der Waals surface area (Å²) in [6, 6.07) is 0. The van der Waals surface area contributed by atoms with Gasteiger partial charge in [-0.3, -0.25) is 0 Å². The second-order valence-corrected chi connectivity index (χ2v) is 3.33. The van der Waals surface area contributed by atoms with Crippen molar-refractivity contribution in [1.82, 2.24) is 0 Å². The van der Waals surface area contributed by atoms with E-state index in [9.17, 15) is 5.11 Å². The van der Waals surface area contributed by atoms with E-state index in [1.165, 1.54) is 7.11 Å². The average molecular weight is 206 g/mol. The highest BCUT2D eigenvalue weighted by Gasteiger charge is 2.44. The first kappa shape index (κ1) is 11.9. The number of hydrogen-bond acceptors (Lipinski definition) is 5. The summed E-state index contributed by atoms with van der Waals surface area (Å²) in [6.07, 6.45) is -2.24. The molecule has 14 heavy (non-hydrogen) atoms. The molecule has 0 aromatic rings. The van der Waals surface area contributed by atoms with Gasteiger partial charge in [0.15, 0.2) is 6.29 Å². The Kier molecular flexibility index (Phi) is 4.28. The van der Waals surface area contributed by atoms with Crippen LogP contribution in [0.5, 0.6) is 0 Å². The van der Waals surface area contributed by atoms with Crippen molar-refractivity contribution in [3.63, 3.8) is 0 Å². The third kappa shape index (κ3) is 2.07. The third-order valence-electron chi connectivity index (χ3n) is 2.56. The summed E-state index contributed by atoms with van der Waals surface area (Å²) in [5.41, 5.74) is 0. The van der Waals surface area contributed by atoms with Crippen LogP contribution in [0, 0.1) is 0 Å². The van der Waals surface area contributed by atoms with Crippen LogP contribution in [-0.2, 0) is 18.9 Å². The van der Waals surface area contributed by atoms with E-state index < -0.39 is 12.4 Å². The molecule has 1 fully saturated rings. The van der Waals surface area contributed by atoms with E-state index in [4.69, 9.17) is 18.9 Å². The Labute approximate surface area is 83.9 Å². The highest BCUT2D eigenvalue weighted by molar-refractivity contribution is 4.89. The monoisotopic (exact) mass is 206 g/mol. The molecule has 0 spiro atoms. The molecular formula is C9H18O5. The molecule has 1 N–H and O–H groups in total. The van der Waals surface area contributed by atoms with Gasteiger partial charge in [-0.2, -0.15) is 0 Å². The molecule has 1 rings (SSSR count). The van der Waals surface area contributed by atoms with Crippen LogP contribution >= 0.6 is 0 Å². The molecule has 84 valence electrons. The van der Waals surface area contributed by atoms with Gasteiger partial charge in [0.2, 0.25) is 0 Å². The molecule has 1 heterocycles. The quantitative estimate of drug-likeness (QED) is 0.691. The number of aliphatic hydroxyl groups is 1. The van der Waals surface area contributed by atoms with Crippen molar-refractivity contribution in [1.29, 1.82) is 0 Å². The Morgan fingerprint density at radius 1 is 0.929 bits per heavy atom. The zero-order valence-electron chi connectivity index (χ0n) is 8.97. The van der Waals surface area contributed by atoms with Crippen LogP contribution in [0.2, 0.25) is 0 Å². The third-order valence-corrected chi connectivity index (χ3v) is 2.56. The number of aliphatic hydroxyl groups excluding tert-OH is 1. The first-order chi connectivity index (χ1) is 6.65. The van der Waals surface area contributed by atoms with Gasteiger partial charge in [0.25, 0.3) is 0 Å². The predicted octanol–water partition coefficient (Wildman–Crippen LogP) is -0.232. The van der Waals surface area contributed by atoms with Crippen molar-refractivity contribution in [3.05, 3.63) is 0 Å². The minimum atomic E-state index is -0.966. The Morgan fingerprint density at radius 3 is 1.86 bits per heavy atom. The van der Waals surface area contributed by atoms with Gasteiger partial charge < -0.3 is 24.1 Å². The fourth-order valence-corrected chi connectivity index (χ4v) is 1.84. The van der Waals surface area contributed by atoms with Gasteiger partial charge in [0.05, 0.1) is 6.10 Å². The van der Waals surface area contributed by atoms with Crippen LogP contribution in [0.15, 0.2) is 0 Å². The van der Waals surface area contributed by atoms with Crippen molar-refractivity contribution in [2.75, 3.05) is 21.3 Å². The minimum Gasteiger partial charge on any atom is -0.376 e. The predicted molar refractivity (Wildman–Crippen MR) is 48.9 cm³/mol. The molecular weight excluding hydrogens is 188 g/mol. The van der Waals surface area contributed by atoms with Gasteiger partial charge in [-0.1, -0.05) is 0 Å². The molecule has 5 atom stereocenters. The average Bonchev–Trinajstić information content (AvgIpc) is 2.16. The van der Waals surface area contributed by atoms with Crippen LogP contribution in [0.4, 0.5) is 0 Å².